The molecule has 6 nitrogen and oxygen atoms in total. The van der Waals surface area contributed by atoms with Crippen LogP contribution in [0.2, 0.25) is 0 Å². The number of carboxylic acid groups (broad SMARTS) is 1. The maximum atomic E-state index is 11.9. The van der Waals surface area contributed by atoms with Crippen LogP contribution in [0.5, 0.6) is 0 Å². The molecule has 0 radical (unpaired) electrons. The van der Waals surface area contributed by atoms with Gasteiger partial charge in [-0.2, -0.15) is 0 Å². The van der Waals surface area contributed by atoms with Crippen LogP contribution in [-0.4, -0.2) is 72.1 Å². The van der Waals surface area contributed by atoms with Gasteiger partial charge in [0.1, 0.15) is 6.04 Å². The molecule has 1 aliphatic rings. The average Bonchev–Trinajstić information content (AvgIpc) is 2.46. The quantitative estimate of drug-likeness (QED) is 0.665. The molecule has 0 spiro atoms. The number of rotatable bonds is 9. The predicted molar refractivity (Wildman–Crippen MR) is 86.8 cm³/mol. The van der Waals surface area contributed by atoms with Gasteiger partial charge < -0.3 is 20.2 Å². The van der Waals surface area contributed by atoms with Crippen LogP contribution < -0.4 is 5.32 Å². The Morgan fingerprint density at radius 1 is 1.14 bits per heavy atom. The standard InChI is InChI=1S/C16H31N3O3/c1-4-18-8-10-19(11-9-18)7-5-6-15(20)17-14(16(21)22)12-13(2)3/h13-14H,4-12H2,1-3H3,(H,17,20)(H,21,22). The number of nitrogens with one attached hydrogen (secondary N) is 1. The smallest absolute Gasteiger partial charge is 0.326 e. The SMILES string of the molecule is CCN1CCN(CCCC(=O)NC(CC(C)C)C(=O)O)CC1. The number of carbonyl (C=O) groups is 2. The average molecular weight is 313 g/mol. The first-order valence-electron chi connectivity index (χ1n) is 8.39. The van der Waals surface area contributed by atoms with Crippen molar-refractivity contribution in [3.8, 4) is 0 Å². The lowest BCUT2D eigenvalue weighted by molar-refractivity contribution is -0.142. The number of aliphatic carboxylic acids is 1. The lowest BCUT2D eigenvalue weighted by Gasteiger charge is -2.33. The van der Waals surface area contributed by atoms with Crippen LogP contribution in [-0.2, 0) is 9.59 Å². The van der Waals surface area contributed by atoms with E-state index < -0.39 is 12.0 Å². The first-order chi connectivity index (χ1) is 10.4. The fourth-order valence-corrected chi connectivity index (χ4v) is 2.75. The van der Waals surface area contributed by atoms with Crippen molar-refractivity contribution in [3.05, 3.63) is 0 Å². The molecule has 0 aromatic heterocycles. The lowest BCUT2D eigenvalue weighted by Crippen LogP contribution is -2.46. The van der Waals surface area contributed by atoms with Gasteiger partial charge >= 0.3 is 5.97 Å². The zero-order valence-electron chi connectivity index (χ0n) is 14.2. The Balaban J connectivity index is 2.21. The Morgan fingerprint density at radius 2 is 1.73 bits per heavy atom. The van der Waals surface area contributed by atoms with E-state index >= 15 is 0 Å². The van der Waals surface area contributed by atoms with Crippen molar-refractivity contribution >= 4 is 11.9 Å². The van der Waals surface area contributed by atoms with Gasteiger partial charge in [-0.3, -0.25) is 4.79 Å². The summed E-state index contributed by atoms with van der Waals surface area (Å²) in [5, 5.41) is 11.8. The van der Waals surface area contributed by atoms with Crippen molar-refractivity contribution in [1.82, 2.24) is 15.1 Å². The van der Waals surface area contributed by atoms with Gasteiger partial charge in [0.25, 0.3) is 0 Å². The molecule has 1 amide bonds. The van der Waals surface area contributed by atoms with Gasteiger partial charge in [-0.1, -0.05) is 20.8 Å². The Hall–Kier alpha value is -1.14. The zero-order valence-corrected chi connectivity index (χ0v) is 14.2. The molecular formula is C16H31N3O3. The van der Waals surface area contributed by atoms with Gasteiger partial charge in [0.15, 0.2) is 0 Å². The van der Waals surface area contributed by atoms with E-state index in [0.29, 0.717) is 12.8 Å². The molecule has 0 aromatic carbocycles. The van der Waals surface area contributed by atoms with Crippen LogP contribution in [0.25, 0.3) is 0 Å². The number of nitrogens with zero attached hydrogens (tertiary/aromatic N) is 2. The van der Waals surface area contributed by atoms with E-state index in [-0.39, 0.29) is 11.8 Å². The molecule has 1 unspecified atom stereocenters. The number of hydrogen-bond donors (Lipinski definition) is 2. The summed E-state index contributed by atoms with van der Waals surface area (Å²) >= 11 is 0. The molecule has 128 valence electrons. The zero-order chi connectivity index (χ0) is 16.5. The maximum absolute atomic E-state index is 11.9. The van der Waals surface area contributed by atoms with Crippen molar-refractivity contribution < 1.29 is 14.7 Å². The molecule has 1 rings (SSSR count). The molecule has 1 aliphatic heterocycles. The van der Waals surface area contributed by atoms with E-state index in [2.05, 4.69) is 22.0 Å². The number of piperazine rings is 1. The normalized spacial score (nSPS) is 18.4. The van der Waals surface area contributed by atoms with Crippen molar-refractivity contribution in [1.29, 1.82) is 0 Å². The molecule has 1 fully saturated rings. The van der Waals surface area contributed by atoms with Gasteiger partial charge in [0, 0.05) is 32.6 Å². The first kappa shape index (κ1) is 18.9. The Kier molecular flexibility index (Phi) is 8.42. The number of likely N-dealkylation sites (N-methyl/N-ethyl adjacent to an activating group) is 1. The van der Waals surface area contributed by atoms with Crippen LogP contribution in [0.15, 0.2) is 0 Å². The van der Waals surface area contributed by atoms with Gasteiger partial charge in [0.2, 0.25) is 5.91 Å². The fourth-order valence-electron chi connectivity index (χ4n) is 2.75. The second-order valence-corrected chi connectivity index (χ2v) is 6.47. The minimum Gasteiger partial charge on any atom is -0.480 e. The molecule has 2 N–H and O–H groups in total. The van der Waals surface area contributed by atoms with Gasteiger partial charge in [-0.05, 0) is 31.8 Å². The van der Waals surface area contributed by atoms with E-state index in [1.165, 1.54) is 0 Å². The van der Waals surface area contributed by atoms with Gasteiger partial charge in [-0.25, -0.2) is 4.79 Å². The van der Waals surface area contributed by atoms with Crippen LogP contribution in [0.3, 0.4) is 0 Å². The summed E-state index contributed by atoms with van der Waals surface area (Å²) in [6.07, 6.45) is 1.65. The Morgan fingerprint density at radius 3 is 2.23 bits per heavy atom. The highest BCUT2D eigenvalue weighted by Gasteiger charge is 2.21. The molecule has 6 heteroatoms. The first-order valence-corrected chi connectivity index (χ1v) is 8.39. The highest BCUT2D eigenvalue weighted by molar-refractivity contribution is 5.83. The topological polar surface area (TPSA) is 72.9 Å². The summed E-state index contributed by atoms with van der Waals surface area (Å²) in [5.41, 5.74) is 0. The molecule has 0 bridgehead atoms. The van der Waals surface area contributed by atoms with Crippen LogP contribution in [0.1, 0.15) is 40.0 Å². The van der Waals surface area contributed by atoms with E-state index in [9.17, 15) is 9.59 Å². The Bertz CT molecular complexity index is 353. The molecule has 0 aliphatic carbocycles. The van der Waals surface area contributed by atoms with E-state index in [0.717, 1.165) is 45.7 Å². The van der Waals surface area contributed by atoms with Crippen LogP contribution in [0.4, 0.5) is 0 Å². The predicted octanol–water partition coefficient (Wildman–Crippen LogP) is 1.02. The van der Waals surface area contributed by atoms with Gasteiger partial charge in [0.05, 0.1) is 0 Å². The van der Waals surface area contributed by atoms with Crippen LogP contribution >= 0.6 is 0 Å². The molecule has 1 heterocycles. The molecule has 1 atom stereocenters. The fraction of sp³-hybridized carbons (Fsp3) is 0.875. The third kappa shape index (κ3) is 7.22. The van der Waals surface area contributed by atoms with Gasteiger partial charge in [-0.15, -0.1) is 0 Å². The van der Waals surface area contributed by atoms with Crippen LogP contribution in [0, 0.1) is 5.92 Å². The second-order valence-electron chi connectivity index (χ2n) is 6.47. The minimum absolute atomic E-state index is 0.153. The summed E-state index contributed by atoms with van der Waals surface area (Å²) in [6, 6.07) is -0.763. The van der Waals surface area contributed by atoms with Crippen molar-refractivity contribution in [2.24, 2.45) is 5.92 Å². The summed E-state index contributed by atoms with van der Waals surface area (Å²) < 4.78 is 0. The molecule has 0 saturated carbocycles. The number of carboxylic acids is 1. The monoisotopic (exact) mass is 313 g/mol. The lowest BCUT2D eigenvalue weighted by atomic mass is 10.0. The van der Waals surface area contributed by atoms with Crippen molar-refractivity contribution in [2.45, 2.75) is 46.1 Å². The molecular weight excluding hydrogens is 282 g/mol. The molecule has 0 aromatic rings. The maximum Gasteiger partial charge on any atom is 0.326 e. The van der Waals surface area contributed by atoms with E-state index in [1.807, 2.05) is 13.8 Å². The van der Waals surface area contributed by atoms with E-state index in [1.54, 1.807) is 0 Å². The summed E-state index contributed by atoms with van der Waals surface area (Å²) in [4.78, 5) is 27.8. The second kappa shape index (κ2) is 9.79. The number of carbonyl (C=O) groups excluding carboxylic acids is 1. The molecule has 22 heavy (non-hydrogen) atoms. The highest BCUT2D eigenvalue weighted by Crippen LogP contribution is 2.06. The number of amides is 1. The van der Waals surface area contributed by atoms with Crippen molar-refractivity contribution in [2.75, 3.05) is 39.3 Å². The third-order valence-electron chi connectivity index (χ3n) is 4.13. The Labute approximate surface area is 133 Å². The summed E-state index contributed by atoms with van der Waals surface area (Å²) in [6.45, 7) is 12.4. The van der Waals surface area contributed by atoms with Crippen molar-refractivity contribution in [3.63, 3.8) is 0 Å². The largest absolute Gasteiger partial charge is 0.480 e. The third-order valence-corrected chi connectivity index (χ3v) is 4.13. The van der Waals surface area contributed by atoms with E-state index in [4.69, 9.17) is 5.11 Å². The minimum atomic E-state index is -0.947. The summed E-state index contributed by atoms with van der Waals surface area (Å²) in [7, 11) is 0. The molecule has 1 saturated heterocycles. The number of hydrogen-bond acceptors (Lipinski definition) is 4. The summed E-state index contributed by atoms with van der Waals surface area (Å²) in [5.74, 6) is -0.853. The highest BCUT2D eigenvalue weighted by atomic mass is 16.4.